The smallest absolute Gasteiger partial charge is 0.416 e. The zero-order valence-corrected chi connectivity index (χ0v) is 27.0. The molecule has 1 amide bonds. The number of alkyl halides is 6. The molecule has 0 bridgehead atoms. The SMILES string of the molecule is COC(=O)[C@H]1CC[C@@H](c2ccc(OC)c(-c3ccc(N4CCC4)nc3CN3C(=O)O[C@H](c4cc(C(F)(F)F)cc(C(F)(F)F)c4)C3C)c2)C1. The van der Waals surface area contributed by atoms with Crippen LogP contribution in [0.4, 0.5) is 37.0 Å². The molecule has 1 aliphatic carbocycles. The van der Waals surface area contributed by atoms with Gasteiger partial charge in [0.05, 0.1) is 49.5 Å². The van der Waals surface area contributed by atoms with Crippen LogP contribution in [-0.2, 0) is 33.2 Å². The number of carbonyl (C=O) groups excluding carboxylic acids is 2. The highest BCUT2D eigenvalue weighted by Gasteiger charge is 2.44. The normalized spacial score (nSPS) is 22.6. The van der Waals surface area contributed by atoms with Gasteiger partial charge >= 0.3 is 24.4 Å². The standard InChI is InChI=1S/C35H35F6N3O5/c1-19-31(23-14-24(34(36,37)38)17-25(15-23)35(39,40)41)49-33(46)44(19)18-28-26(8-10-30(42-28)43-11-4-12-43)27-16-21(7-9-29(27)47-2)20-5-6-22(13-20)32(45)48-3/h7-10,14-17,19-20,22,31H,4-6,11-13,18H2,1-3H3/t19?,20-,22+,31+/m1/s1. The molecule has 49 heavy (non-hydrogen) atoms. The molecular formula is C35H35F6N3O5. The van der Waals surface area contributed by atoms with Crippen molar-refractivity contribution in [2.24, 2.45) is 5.92 Å². The van der Waals surface area contributed by atoms with Crippen LogP contribution in [0.3, 0.4) is 0 Å². The number of carbonyl (C=O) groups is 2. The van der Waals surface area contributed by atoms with Crippen molar-refractivity contribution in [3.63, 3.8) is 0 Å². The second-order valence-corrected chi connectivity index (χ2v) is 12.7. The number of aromatic nitrogens is 1. The summed E-state index contributed by atoms with van der Waals surface area (Å²) in [4.78, 5) is 33.7. The van der Waals surface area contributed by atoms with Gasteiger partial charge in [0.2, 0.25) is 0 Å². The average molecular weight is 692 g/mol. The highest BCUT2D eigenvalue weighted by atomic mass is 19.4. The van der Waals surface area contributed by atoms with E-state index in [0.717, 1.165) is 31.5 Å². The highest BCUT2D eigenvalue weighted by Crippen LogP contribution is 2.44. The summed E-state index contributed by atoms with van der Waals surface area (Å²) in [7, 11) is 2.90. The molecule has 1 unspecified atom stereocenters. The van der Waals surface area contributed by atoms with Crippen molar-refractivity contribution in [3.05, 3.63) is 76.5 Å². The summed E-state index contributed by atoms with van der Waals surface area (Å²) < 4.78 is 97.9. The van der Waals surface area contributed by atoms with Crippen LogP contribution < -0.4 is 9.64 Å². The number of rotatable bonds is 8. The van der Waals surface area contributed by atoms with Gasteiger partial charge in [-0.2, -0.15) is 26.3 Å². The van der Waals surface area contributed by atoms with E-state index in [-0.39, 0.29) is 30.4 Å². The van der Waals surface area contributed by atoms with Crippen LogP contribution in [0.5, 0.6) is 5.75 Å². The Morgan fingerprint density at radius 3 is 2.20 bits per heavy atom. The monoisotopic (exact) mass is 691 g/mol. The molecule has 0 spiro atoms. The van der Waals surface area contributed by atoms with Crippen LogP contribution >= 0.6 is 0 Å². The summed E-state index contributed by atoms with van der Waals surface area (Å²) in [6, 6.07) is 9.77. The Balaban J connectivity index is 1.36. The van der Waals surface area contributed by atoms with Crippen LogP contribution in [0.25, 0.3) is 11.1 Å². The number of anilines is 1. The van der Waals surface area contributed by atoms with E-state index in [1.165, 1.54) is 26.0 Å². The predicted molar refractivity (Wildman–Crippen MR) is 166 cm³/mol. The second-order valence-electron chi connectivity index (χ2n) is 12.7. The molecule has 14 heteroatoms. The van der Waals surface area contributed by atoms with Crippen LogP contribution in [-0.4, -0.2) is 55.3 Å². The fourth-order valence-corrected chi connectivity index (χ4v) is 6.90. The fourth-order valence-electron chi connectivity index (χ4n) is 6.90. The molecule has 2 saturated heterocycles. The number of pyridine rings is 1. The maximum atomic E-state index is 13.6. The molecule has 1 aromatic heterocycles. The van der Waals surface area contributed by atoms with E-state index in [4.69, 9.17) is 19.2 Å². The first kappa shape index (κ1) is 34.4. The summed E-state index contributed by atoms with van der Waals surface area (Å²) in [5.74, 6) is 0.849. The van der Waals surface area contributed by atoms with Crippen molar-refractivity contribution in [2.75, 3.05) is 32.2 Å². The number of hydrogen-bond donors (Lipinski definition) is 0. The minimum Gasteiger partial charge on any atom is -0.496 e. The highest BCUT2D eigenvalue weighted by molar-refractivity contribution is 5.77. The maximum Gasteiger partial charge on any atom is 0.416 e. The van der Waals surface area contributed by atoms with Gasteiger partial charge in [0, 0.05) is 24.2 Å². The van der Waals surface area contributed by atoms with E-state index in [1.54, 1.807) is 0 Å². The number of amides is 1. The van der Waals surface area contributed by atoms with E-state index < -0.39 is 47.3 Å². The van der Waals surface area contributed by atoms with Crippen LogP contribution in [0.15, 0.2) is 48.5 Å². The third-order valence-electron chi connectivity index (χ3n) is 9.74. The molecule has 6 rings (SSSR count). The molecule has 1 saturated carbocycles. The number of methoxy groups -OCH3 is 2. The van der Waals surface area contributed by atoms with Crippen molar-refractivity contribution >= 4 is 17.9 Å². The lowest BCUT2D eigenvalue weighted by atomic mass is 9.91. The zero-order valence-electron chi connectivity index (χ0n) is 27.0. The minimum absolute atomic E-state index is 0.0445. The number of ether oxygens (including phenoxy) is 3. The van der Waals surface area contributed by atoms with Crippen molar-refractivity contribution in [1.29, 1.82) is 0 Å². The Kier molecular flexibility index (Phi) is 9.18. The van der Waals surface area contributed by atoms with Gasteiger partial charge in [-0.3, -0.25) is 9.69 Å². The number of benzene rings is 2. The molecule has 3 heterocycles. The number of esters is 1. The molecule has 4 atom stereocenters. The fraction of sp³-hybridized carbons (Fsp3) is 0.457. The molecule has 3 aliphatic rings. The summed E-state index contributed by atoms with van der Waals surface area (Å²) in [5, 5.41) is 0. The van der Waals surface area contributed by atoms with Crippen molar-refractivity contribution < 1.29 is 50.1 Å². The Bertz CT molecular complexity index is 1710. The quantitative estimate of drug-likeness (QED) is 0.174. The molecule has 2 aromatic carbocycles. The van der Waals surface area contributed by atoms with Gasteiger partial charge in [-0.1, -0.05) is 6.07 Å². The summed E-state index contributed by atoms with van der Waals surface area (Å²) in [6.45, 7) is 2.95. The maximum absolute atomic E-state index is 13.6. The van der Waals surface area contributed by atoms with Gasteiger partial charge in [0.1, 0.15) is 17.7 Å². The van der Waals surface area contributed by atoms with Crippen molar-refractivity contribution in [1.82, 2.24) is 9.88 Å². The van der Waals surface area contributed by atoms with E-state index in [9.17, 15) is 35.9 Å². The number of halogens is 6. The Hall–Kier alpha value is -4.49. The van der Waals surface area contributed by atoms with E-state index in [1.807, 2.05) is 30.3 Å². The summed E-state index contributed by atoms with van der Waals surface area (Å²) in [5.41, 5.74) is -0.642. The third-order valence-corrected chi connectivity index (χ3v) is 9.74. The third kappa shape index (κ3) is 6.86. The largest absolute Gasteiger partial charge is 0.496 e. The number of hydrogen-bond acceptors (Lipinski definition) is 7. The van der Waals surface area contributed by atoms with E-state index >= 15 is 0 Å². The van der Waals surface area contributed by atoms with Crippen LogP contribution in [0.1, 0.15) is 72.6 Å². The first-order valence-electron chi connectivity index (χ1n) is 16.0. The second kappa shape index (κ2) is 13.1. The number of nitrogens with zero attached hydrogens (tertiary/aromatic N) is 3. The van der Waals surface area contributed by atoms with Gasteiger partial charge in [-0.05, 0) is 92.1 Å². The lowest BCUT2D eigenvalue weighted by Crippen LogP contribution is -2.38. The van der Waals surface area contributed by atoms with Gasteiger partial charge < -0.3 is 19.1 Å². The first-order valence-corrected chi connectivity index (χ1v) is 16.0. The lowest BCUT2D eigenvalue weighted by Gasteiger charge is -2.33. The van der Waals surface area contributed by atoms with E-state index in [0.29, 0.717) is 53.4 Å². The molecule has 262 valence electrons. The molecular weight excluding hydrogens is 656 g/mol. The van der Waals surface area contributed by atoms with Gasteiger partial charge in [0.15, 0.2) is 0 Å². The molecule has 0 N–H and O–H groups in total. The minimum atomic E-state index is -5.05. The Morgan fingerprint density at radius 2 is 1.61 bits per heavy atom. The molecule has 2 aliphatic heterocycles. The lowest BCUT2D eigenvalue weighted by molar-refractivity contribution is -0.145. The first-order chi connectivity index (χ1) is 23.2. The summed E-state index contributed by atoms with van der Waals surface area (Å²) >= 11 is 0. The van der Waals surface area contributed by atoms with Gasteiger partial charge in [-0.25, -0.2) is 9.78 Å². The zero-order chi connectivity index (χ0) is 35.2. The van der Waals surface area contributed by atoms with Crippen LogP contribution in [0.2, 0.25) is 0 Å². The van der Waals surface area contributed by atoms with E-state index in [2.05, 4.69) is 4.90 Å². The topological polar surface area (TPSA) is 81.2 Å². The average Bonchev–Trinajstić information content (AvgIpc) is 3.64. The molecule has 3 fully saturated rings. The summed E-state index contributed by atoms with van der Waals surface area (Å²) in [6.07, 6.45) is -9.31. The molecule has 3 aromatic rings. The molecule has 8 nitrogen and oxygen atoms in total. The molecule has 0 radical (unpaired) electrons. The Morgan fingerprint density at radius 1 is 0.918 bits per heavy atom. The van der Waals surface area contributed by atoms with Crippen LogP contribution in [0, 0.1) is 5.92 Å². The van der Waals surface area contributed by atoms with Crippen molar-refractivity contribution in [2.45, 2.75) is 69.6 Å². The number of cyclic esters (lactones) is 1. The van der Waals surface area contributed by atoms with Crippen molar-refractivity contribution in [3.8, 4) is 16.9 Å². The van der Waals surface area contributed by atoms with Gasteiger partial charge in [0.25, 0.3) is 0 Å². The predicted octanol–water partition coefficient (Wildman–Crippen LogP) is 8.14. The van der Waals surface area contributed by atoms with Gasteiger partial charge in [-0.15, -0.1) is 0 Å². The Labute approximate surface area is 278 Å².